The summed E-state index contributed by atoms with van der Waals surface area (Å²) in [6.45, 7) is 11.8. The lowest BCUT2D eigenvalue weighted by molar-refractivity contribution is 0.112. The first-order valence-corrected chi connectivity index (χ1v) is 6.70. The van der Waals surface area contributed by atoms with E-state index in [-0.39, 0.29) is 11.2 Å². The molecule has 1 N–H and O–H groups in total. The highest BCUT2D eigenvalue weighted by molar-refractivity contribution is 5.83. The quantitative estimate of drug-likeness (QED) is 0.843. The molecule has 1 aromatic carbocycles. The van der Waals surface area contributed by atoms with E-state index in [4.69, 9.17) is 4.74 Å². The number of benzene rings is 1. The number of rotatable bonds is 2. The summed E-state index contributed by atoms with van der Waals surface area (Å²) in [6.07, 6.45) is 0.692. The summed E-state index contributed by atoms with van der Waals surface area (Å²) in [5.74, 6) is 0.0649. The summed E-state index contributed by atoms with van der Waals surface area (Å²) in [5.41, 5.74) is 2.57. The fourth-order valence-corrected chi connectivity index (χ4v) is 2.35. The Morgan fingerprint density at radius 2 is 2.10 bits per heavy atom. The van der Waals surface area contributed by atoms with Gasteiger partial charge >= 0.3 is 0 Å². The molecule has 20 heavy (non-hydrogen) atoms. The molecular weight excluding hydrogens is 254 g/mol. The van der Waals surface area contributed by atoms with Crippen molar-refractivity contribution in [3.05, 3.63) is 35.5 Å². The number of hydrogen-bond donors (Lipinski definition) is 1. The van der Waals surface area contributed by atoms with Gasteiger partial charge in [-0.05, 0) is 17.5 Å². The minimum Gasteiger partial charge on any atom is -0.507 e. The highest BCUT2D eigenvalue weighted by Crippen LogP contribution is 2.37. The molecule has 1 saturated heterocycles. The summed E-state index contributed by atoms with van der Waals surface area (Å²) >= 11 is 0. The zero-order valence-corrected chi connectivity index (χ0v) is 12.3. The Morgan fingerprint density at radius 1 is 1.40 bits per heavy atom. The van der Waals surface area contributed by atoms with Crippen LogP contribution in [0.5, 0.6) is 5.75 Å². The van der Waals surface area contributed by atoms with E-state index in [0.29, 0.717) is 31.6 Å². The summed E-state index contributed by atoms with van der Waals surface area (Å²) < 4.78 is 5.35. The van der Waals surface area contributed by atoms with Gasteiger partial charge in [0.15, 0.2) is 6.29 Å². The van der Waals surface area contributed by atoms with Gasteiger partial charge in [0.05, 0.1) is 18.8 Å². The second-order valence-electron chi connectivity index (χ2n) is 6.07. The van der Waals surface area contributed by atoms with E-state index < -0.39 is 0 Å². The molecule has 108 valence electrons. The maximum Gasteiger partial charge on any atom is 0.153 e. The zero-order valence-electron chi connectivity index (χ0n) is 12.3. The first kappa shape index (κ1) is 14.6. The average Bonchev–Trinajstić information content (AvgIpc) is 2.38. The SMILES string of the molecule is C=C1COCCN1c1cc(C=O)c(O)c(C(C)(C)C)c1. The molecular formula is C16H21NO3. The Morgan fingerprint density at radius 3 is 2.65 bits per heavy atom. The third-order valence-corrected chi connectivity index (χ3v) is 3.48. The van der Waals surface area contributed by atoms with Gasteiger partial charge in [-0.1, -0.05) is 27.4 Å². The summed E-state index contributed by atoms with van der Waals surface area (Å²) in [4.78, 5) is 13.2. The number of nitrogens with zero attached hydrogens (tertiary/aromatic N) is 1. The van der Waals surface area contributed by atoms with Gasteiger partial charge in [0.25, 0.3) is 0 Å². The second kappa shape index (κ2) is 5.29. The summed E-state index contributed by atoms with van der Waals surface area (Å²) in [7, 11) is 0. The van der Waals surface area contributed by atoms with Crippen LogP contribution in [0.1, 0.15) is 36.7 Å². The number of hydrogen-bond acceptors (Lipinski definition) is 4. The molecule has 0 saturated carbocycles. The number of carbonyl (C=O) groups excluding carboxylic acids is 1. The van der Waals surface area contributed by atoms with Gasteiger partial charge in [-0.25, -0.2) is 0 Å². The Labute approximate surface area is 119 Å². The van der Waals surface area contributed by atoms with Gasteiger partial charge in [-0.3, -0.25) is 4.79 Å². The molecule has 0 aliphatic carbocycles. The van der Waals surface area contributed by atoms with E-state index in [1.54, 1.807) is 6.07 Å². The fraction of sp³-hybridized carbons (Fsp3) is 0.438. The highest BCUT2D eigenvalue weighted by Gasteiger charge is 2.24. The normalized spacial score (nSPS) is 16.4. The first-order valence-electron chi connectivity index (χ1n) is 6.70. The molecule has 0 unspecified atom stereocenters. The number of aldehydes is 1. The van der Waals surface area contributed by atoms with Crippen molar-refractivity contribution in [2.75, 3.05) is 24.7 Å². The molecule has 1 fully saturated rings. The number of phenols is 1. The highest BCUT2D eigenvalue weighted by atomic mass is 16.5. The molecule has 0 radical (unpaired) electrons. The minimum absolute atomic E-state index is 0.0649. The fourth-order valence-electron chi connectivity index (χ4n) is 2.35. The monoisotopic (exact) mass is 275 g/mol. The maximum atomic E-state index is 11.2. The molecule has 2 rings (SSSR count). The molecule has 0 bridgehead atoms. The Kier molecular flexibility index (Phi) is 3.86. The molecule has 4 heteroatoms. The van der Waals surface area contributed by atoms with Crippen molar-refractivity contribution >= 4 is 12.0 Å². The van der Waals surface area contributed by atoms with Crippen LogP contribution in [0, 0.1) is 0 Å². The number of phenolic OH excluding ortho intramolecular Hbond substituents is 1. The van der Waals surface area contributed by atoms with Gasteiger partial charge in [-0.2, -0.15) is 0 Å². The second-order valence-corrected chi connectivity index (χ2v) is 6.07. The van der Waals surface area contributed by atoms with Crippen molar-refractivity contribution in [2.45, 2.75) is 26.2 Å². The van der Waals surface area contributed by atoms with Crippen LogP contribution in [0.4, 0.5) is 5.69 Å². The van der Waals surface area contributed by atoms with Crippen LogP contribution in [0.15, 0.2) is 24.4 Å². The lowest BCUT2D eigenvalue weighted by atomic mass is 9.84. The van der Waals surface area contributed by atoms with Crippen LogP contribution in [-0.4, -0.2) is 31.2 Å². The molecule has 1 aliphatic rings. The van der Waals surface area contributed by atoms with Crippen LogP contribution in [0.3, 0.4) is 0 Å². The van der Waals surface area contributed by atoms with Crippen LogP contribution in [0.25, 0.3) is 0 Å². The predicted octanol–water partition coefficient (Wildman–Crippen LogP) is 2.85. The van der Waals surface area contributed by atoms with Crippen molar-refractivity contribution in [1.29, 1.82) is 0 Å². The molecule has 1 aromatic rings. The average molecular weight is 275 g/mol. The van der Waals surface area contributed by atoms with Crippen molar-refractivity contribution in [2.24, 2.45) is 0 Å². The van der Waals surface area contributed by atoms with Gasteiger partial charge in [0.2, 0.25) is 0 Å². The topological polar surface area (TPSA) is 49.8 Å². The Bertz CT molecular complexity index is 543. The molecule has 1 aliphatic heterocycles. The van der Waals surface area contributed by atoms with Gasteiger partial charge in [0, 0.05) is 23.5 Å². The van der Waals surface area contributed by atoms with Crippen molar-refractivity contribution < 1.29 is 14.6 Å². The summed E-state index contributed by atoms with van der Waals surface area (Å²) in [6, 6.07) is 3.63. The van der Waals surface area contributed by atoms with Crippen molar-refractivity contribution in [3.8, 4) is 5.75 Å². The van der Waals surface area contributed by atoms with Crippen molar-refractivity contribution in [3.63, 3.8) is 0 Å². The third kappa shape index (κ3) is 2.70. The predicted molar refractivity (Wildman–Crippen MR) is 79.5 cm³/mol. The van der Waals surface area contributed by atoms with Gasteiger partial charge in [-0.15, -0.1) is 0 Å². The van der Waals surface area contributed by atoms with Crippen LogP contribution in [-0.2, 0) is 10.2 Å². The number of ether oxygens (including phenoxy) is 1. The van der Waals surface area contributed by atoms with Crippen LogP contribution < -0.4 is 4.90 Å². The maximum absolute atomic E-state index is 11.2. The Hall–Kier alpha value is -1.81. The number of anilines is 1. The molecule has 0 amide bonds. The molecule has 0 aromatic heterocycles. The van der Waals surface area contributed by atoms with Crippen LogP contribution in [0.2, 0.25) is 0 Å². The van der Waals surface area contributed by atoms with Crippen molar-refractivity contribution in [1.82, 2.24) is 0 Å². The standard InChI is InChI=1S/C16H21NO3/c1-11-10-20-6-5-17(11)13-7-12(9-18)15(19)14(8-13)16(2,3)4/h7-9,19H,1,5-6,10H2,2-4H3. The lowest BCUT2D eigenvalue weighted by Gasteiger charge is -2.32. The Balaban J connectivity index is 2.54. The smallest absolute Gasteiger partial charge is 0.153 e. The van der Waals surface area contributed by atoms with Gasteiger partial charge in [0.1, 0.15) is 5.75 Å². The van der Waals surface area contributed by atoms with Gasteiger partial charge < -0.3 is 14.7 Å². The first-order chi connectivity index (χ1) is 9.34. The minimum atomic E-state index is -0.245. The largest absolute Gasteiger partial charge is 0.507 e. The molecule has 1 heterocycles. The van der Waals surface area contributed by atoms with E-state index in [0.717, 1.165) is 16.9 Å². The van der Waals surface area contributed by atoms with E-state index in [1.165, 1.54) is 0 Å². The van der Waals surface area contributed by atoms with E-state index in [9.17, 15) is 9.90 Å². The number of carbonyl (C=O) groups is 1. The summed E-state index contributed by atoms with van der Waals surface area (Å²) in [5, 5.41) is 10.2. The molecule has 0 spiro atoms. The zero-order chi connectivity index (χ0) is 14.9. The van der Waals surface area contributed by atoms with E-state index in [2.05, 4.69) is 6.58 Å². The van der Waals surface area contributed by atoms with E-state index >= 15 is 0 Å². The molecule has 0 atom stereocenters. The lowest BCUT2D eigenvalue weighted by Crippen LogP contribution is -2.34. The van der Waals surface area contributed by atoms with E-state index in [1.807, 2.05) is 31.7 Å². The van der Waals surface area contributed by atoms with Crippen LogP contribution >= 0.6 is 0 Å². The number of morpholine rings is 1. The third-order valence-electron chi connectivity index (χ3n) is 3.48. The molecule has 4 nitrogen and oxygen atoms in total. The number of aromatic hydroxyl groups is 1.